The van der Waals surface area contributed by atoms with Gasteiger partial charge in [-0.15, -0.1) is 0 Å². The number of carbonyl (C=O) groups is 1. The lowest BCUT2D eigenvalue weighted by atomic mass is 10.1. The first-order valence-corrected chi connectivity index (χ1v) is 11.9. The van der Waals surface area contributed by atoms with E-state index in [0.29, 0.717) is 54.0 Å². The van der Waals surface area contributed by atoms with Crippen molar-refractivity contribution in [2.75, 3.05) is 43.7 Å². The van der Waals surface area contributed by atoms with E-state index in [9.17, 15) is 14.7 Å². The molecule has 3 aromatic rings. The minimum atomic E-state index is -1.34. The summed E-state index contributed by atoms with van der Waals surface area (Å²) in [6.07, 6.45) is 1.30. The largest absolute Gasteiger partial charge is 0.477 e. The Bertz CT molecular complexity index is 1390. The molecule has 2 N–H and O–H groups in total. The number of rotatable bonds is 8. The predicted octanol–water partition coefficient (Wildman–Crippen LogP) is 3.74. The standard InChI is InChI=1S/C25H27FN4O5S/c1-4-29(9-8-28(3)25(36)27-15-6-7-21-22(10-15)35-14-34-21)20-12-19-16(11-18(20)26)23(31)17(24(32)33)13-30(19)5-2/h6-7,10-13H,4-5,8-9,14H2,1-3H3,(H,27,36)(H,32,33). The smallest absolute Gasteiger partial charge is 0.341 e. The Hall–Kier alpha value is -3.86. The van der Waals surface area contributed by atoms with Crippen LogP contribution in [0.2, 0.25) is 0 Å². The summed E-state index contributed by atoms with van der Waals surface area (Å²) < 4.78 is 27.5. The molecular weight excluding hydrogens is 487 g/mol. The maximum absolute atomic E-state index is 15.2. The molecule has 0 saturated heterocycles. The lowest BCUT2D eigenvalue weighted by Crippen LogP contribution is -2.38. The molecule has 0 bridgehead atoms. The Balaban J connectivity index is 1.51. The second kappa shape index (κ2) is 10.4. The number of carboxylic acids is 1. The van der Waals surface area contributed by atoms with E-state index in [-0.39, 0.29) is 17.7 Å². The van der Waals surface area contributed by atoms with E-state index in [0.717, 1.165) is 11.8 Å². The van der Waals surface area contributed by atoms with Crippen molar-refractivity contribution in [3.63, 3.8) is 0 Å². The number of aromatic nitrogens is 1. The highest BCUT2D eigenvalue weighted by molar-refractivity contribution is 7.80. The first-order valence-electron chi connectivity index (χ1n) is 11.5. The third-order valence-electron chi connectivity index (χ3n) is 6.12. The van der Waals surface area contributed by atoms with Crippen LogP contribution in [0.1, 0.15) is 24.2 Å². The van der Waals surface area contributed by atoms with Gasteiger partial charge in [0.1, 0.15) is 11.4 Å². The maximum Gasteiger partial charge on any atom is 0.341 e. The normalized spacial score (nSPS) is 12.0. The van der Waals surface area contributed by atoms with E-state index in [1.54, 1.807) is 10.6 Å². The average Bonchev–Trinajstić information content (AvgIpc) is 3.32. The van der Waals surface area contributed by atoms with Gasteiger partial charge in [0.2, 0.25) is 12.2 Å². The minimum Gasteiger partial charge on any atom is -0.477 e. The highest BCUT2D eigenvalue weighted by Gasteiger charge is 2.19. The molecular formula is C25H27FN4O5S. The van der Waals surface area contributed by atoms with Crippen LogP contribution < -0.4 is 25.1 Å². The number of hydrogen-bond donors (Lipinski definition) is 2. The van der Waals surface area contributed by atoms with Gasteiger partial charge in [-0.05, 0) is 50.3 Å². The first-order chi connectivity index (χ1) is 17.2. The van der Waals surface area contributed by atoms with Crippen molar-refractivity contribution in [2.24, 2.45) is 0 Å². The van der Waals surface area contributed by atoms with Crippen LogP contribution in [-0.4, -0.2) is 59.1 Å². The van der Waals surface area contributed by atoms with Crippen molar-refractivity contribution in [3.8, 4) is 11.5 Å². The number of nitrogens with zero attached hydrogens (tertiary/aromatic N) is 3. The summed E-state index contributed by atoms with van der Waals surface area (Å²) in [7, 11) is 1.84. The number of likely N-dealkylation sites (N-methyl/N-ethyl adjacent to an activating group) is 2. The first kappa shape index (κ1) is 25.2. The molecule has 0 spiro atoms. The monoisotopic (exact) mass is 514 g/mol. The third kappa shape index (κ3) is 4.92. The average molecular weight is 515 g/mol. The molecule has 0 atom stereocenters. The molecule has 0 unspecified atom stereocenters. The Labute approximate surface area is 212 Å². The summed E-state index contributed by atoms with van der Waals surface area (Å²) >= 11 is 5.53. The van der Waals surface area contributed by atoms with Crippen LogP contribution in [-0.2, 0) is 6.54 Å². The van der Waals surface area contributed by atoms with Crippen molar-refractivity contribution >= 4 is 45.6 Å². The summed E-state index contributed by atoms with van der Waals surface area (Å²) in [5, 5.41) is 13.0. The van der Waals surface area contributed by atoms with Crippen LogP contribution in [0.3, 0.4) is 0 Å². The van der Waals surface area contributed by atoms with Gasteiger partial charge in [-0.2, -0.15) is 0 Å². The summed E-state index contributed by atoms with van der Waals surface area (Å²) in [4.78, 5) is 27.8. The third-order valence-corrected chi connectivity index (χ3v) is 6.53. The van der Waals surface area contributed by atoms with Crippen molar-refractivity contribution < 1.29 is 23.8 Å². The number of benzene rings is 2. The Morgan fingerprint density at radius 3 is 2.64 bits per heavy atom. The number of anilines is 2. The number of halogens is 1. The van der Waals surface area contributed by atoms with Gasteiger partial charge >= 0.3 is 5.97 Å². The zero-order chi connectivity index (χ0) is 26.0. The van der Waals surface area contributed by atoms with Crippen LogP contribution >= 0.6 is 12.2 Å². The number of aromatic carboxylic acids is 1. The molecule has 4 rings (SSSR count). The molecule has 2 heterocycles. The van der Waals surface area contributed by atoms with Crippen LogP contribution in [0.15, 0.2) is 41.3 Å². The zero-order valence-electron chi connectivity index (χ0n) is 20.2. The number of fused-ring (bicyclic) bond motifs is 2. The van der Waals surface area contributed by atoms with E-state index in [1.807, 2.05) is 48.9 Å². The van der Waals surface area contributed by atoms with Gasteiger partial charge in [0.15, 0.2) is 16.6 Å². The van der Waals surface area contributed by atoms with Crippen LogP contribution in [0.25, 0.3) is 10.9 Å². The summed E-state index contributed by atoms with van der Waals surface area (Å²) in [5.41, 5.74) is 0.500. The Morgan fingerprint density at radius 2 is 1.94 bits per heavy atom. The lowest BCUT2D eigenvalue weighted by molar-refractivity contribution is 0.0695. The van der Waals surface area contributed by atoms with Crippen molar-refractivity contribution in [2.45, 2.75) is 20.4 Å². The number of ether oxygens (including phenoxy) is 2. The van der Waals surface area contributed by atoms with Gasteiger partial charge in [-0.3, -0.25) is 4.79 Å². The molecule has 0 amide bonds. The molecule has 1 aliphatic heterocycles. The summed E-state index contributed by atoms with van der Waals surface area (Å²) in [6, 6.07) is 8.20. The van der Waals surface area contributed by atoms with E-state index in [4.69, 9.17) is 21.7 Å². The second-order valence-corrected chi connectivity index (χ2v) is 8.67. The number of aryl methyl sites for hydroxylation is 1. The molecule has 0 aliphatic carbocycles. The van der Waals surface area contributed by atoms with E-state index >= 15 is 4.39 Å². The lowest BCUT2D eigenvalue weighted by Gasteiger charge is -2.28. The molecule has 1 aromatic heterocycles. The van der Waals surface area contributed by atoms with Gasteiger partial charge in [0.05, 0.1) is 11.2 Å². The predicted molar refractivity (Wildman–Crippen MR) is 140 cm³/mol. The van der Waals surface area contributed by atoms with Crippen LogP contribution in [0, 0.1) is 5.82 Å². The maximum atomic E-state index is 15.2. The summed E-state index contributed by atoms with van der Waals surface area (Å²) in [6.45, 7) is 5.84. The molecule has 0 fully saturated rings. The molecule has 1 aliphatic rings. The summed E-state index contributed by atoms with van der Waals surface area (Å²) in [5.74, 6) is -0.591. The highest BCUT2D eigenvalue weighted by Crippen LogP contribution is 2.34. The van der Waals surface area contributed by atoms with Gasteiger partial charge in [0.25, 0.3) is 0 Å². The topological polar surface area (TPSA) is 96.3 Å². The molecule has 190 valence electrons. The molecule has 11 heteroatoms. The SMILES string of the molecule is CCN(CCN(C)C(=S)Nc1ccc2c(c1)OCO2)c1cc2c(cc1F)c(=O)c(C(=O)O)cn2CC. The number of hydrogen-bond acceptors (Lipinski definition) is 6. The number of pyridine rings is 1. The van der Waals surface area contributed by atoms with Gasteiger partial charge < -0.3 is 34.3 Å². The Morgan fingerprint density at radius 1 is 1.19 bits per heavy atom. The van der Waals surface area contributed by atoms with Crippen molar-refractivity contribution in [1.29, 1.82) is 0 Å². The van der Waals surface area contributed by atoms with Gasteiger partial charge in [-0.1, -0.05) is 0 Å². The zero-order valence-corrected chi connectivity index (χ0v) is 21.0. The second-order valence-electron chi connectivity index (χ2n) is 8.28. The highest BCUT2D eigenvalue weighted by atomic mass is 32.1. The molecule has 2 aromatic carbocycles. The quantitative estimate of drug-likeness (QED) is 0.436. The van der Waals surface area contributed by atoms with E-state index in [1.165, 1.54) is 6.20 Å². The fourth-order valence-corrected chi connectivity index (χ4v) is 4.28. The van der Waals surface area contributed by atoms with Crippen molar-refractivity contribution in [1.82, 2.24) is 9.47 Å². The fraction of sp³-hybridized carbons (Fsp3) is 0.320. The fourth-order valence-electron chi connectivity index (χ4n) is 4.07. The Kier molecular flexibility index (Phi) is 7.30. The van der Waals surface area contributed by atoms with Crippen molar-refractivity contribution in [3.05, 3.63) is 58.1 Å². The molecule has 0 saturated carbocycles. The molecule has 0 radical (unpaired) electrons. The van der Waals surface area contributed by atoms with E-state index < -0.39 is 17.2 Å². The van der Waals surface area contributed by atoms with Gasteiger partial charge in [-0.25, -0.2) is 9.18 Å². The number of thiocarbonyl (C=S) groups is 1. The number of nitrogens with one attached hydrogen (secondary N) is 1. The van der Waals surface area contributed by atoms with Gasteiger partial charge in [0, 0.05) is 56.6 Å². The molecule has 9 nitrogen and oxygen atoms in total. The van der Waals surface area contributed by atoms with Crippen LogP contribution in [0.5, 0.6) is 11.5 Å². The molecule has 36 heavy (non-hydrogen) atoms. The van der Waals surface area contributed by atoms with E-state index in [2.05, 4.69) is 5.32 Å². The van der Waals surface area contributed by atoms with Crippen LogP contribution in [0.4, 0.5) is 15.8 Å². The number of carboxylic acid groups (broad SMARTS) is 1. The minimum absolute atomic E-state index is 0.0419.